The summed E-state index contributed by atoms with van der Waals surface area (Å²) in [7, 11) is 0. The van der Waals surface area contributed by atoms with Crippen molar-refractivity contribution in [2.24, 2.45) is 5.92 Å². The highest BCUT2D eigenvalue weighted by molar-refractivity contribution is 5.78. The molecule has 1 saturated carbocycles. The van der Waals surface area contributed by atoms with Crippen molar-refractivity contribution in [2.45, 2.75) is 51.5 Å². The first kappa shape index (κ1) is 17.3. The summed E-state index contributed by atoms with van der Waals surface area (Å²) in [6, 6.07) is 6.35. The highest BCUT2D eigenvalue weighted by atomic mass is 19.1. The Kier molecular flexibility index (Phi) is 4.79. The van der Waals surface area contributed by atoms with E-state index in [0.717, 1.165) is 38.0 Å². The van der Waals surface area contributed by atoms with E-state index in [1.165, 1.54) is 36.5 Å². The Balaban J connectivity index is 1.39. The third-order valence-corrected chi connectivity index (χ3v) is 5.59. The summed E-state index contributed by atoms with van der Waals surface area (Å²) in [6.07, 6.45) is 6.93. The number of benzene rings is 1. The predicted molar refractivity (Wildman–Crippen MR) is 98.3 cm³/mol. The van der Waals surface area contributed by atoms with Gasteiger partial charge in [0.15, 0.2) is 0 Å². The molecular weight excluding hydrogens is 329 g/mol. The zero-order valence-corrected chi connectivity index (χ0v) is 15.3. The second-order valence-corrected chi connectivity index (χ2v) is 7.80. The molecule has 5 heteroatoms. The lowest BCUT2D eigenvalue weighted by Crippen LogP contribution is -2.42. The molecule has 1 aliphatic heterocycles. The minimum absolute atomic E-state index is 0.102. The average Bonchev–Trinajstić information content (AvgIpc) is 3.40. The Labute approximate surface area is 154 Å². The van der Waals surface area contributed by atoms with Gasteiger partial charge in [0.25, 0.3) is 0 Å². The SMILES string of the molecule is Cc1cnc(C2CC2)n1CC1CCCN(C(=O)Cc2cccc(F)c2)C1. The number of aryl methyl sites for hydroxylation is 1. The van der Waals surface area contributed by atoms with Crippen LogP contribution in [-0.2, 0) is 17.8 Å². The number of hydrogen-bond donors (Lipinski definition) is 0. The third-order valence-electron chi connectivity index (χ3n) is 5.59. The van der Waals surface area contributed by atoms with E-state index in [1.807, 2.05) is 17.2 Å². The fourth-order valence-electron chi connectivity index (χ4n) is 4.02. The van der Waals surface area contributed by atoms with Gasteiger partial charge in [0.1, 0.15) is 11.6 Å². The lowest BCUT2D eigenvalue weighted by Gasteiger charge is -2.33. The van der Waals surface area contributed by atoms with Crippen molar-refractivity contribution < 1.29 is 9.18 Å². The molecule has 2 fully saturated rings. The first-order valence-corrected chi connectivity index (χ1v) is 9.64. The fourth-order valence-corrected chi connectivity index (χ4v) is 4.02. The number of piperidine rings is 1. The minimum atomic E-state index is -0.282. The molecule has 138 valence electrons. The van der Waals surface area contributed by atoms with Gasteiger partial charge in [-0.25, -0.2) is 9.37 Å². The number of amides is 1. The van der Waals surface area contributed by atoms with Crippen molar-refractivity contribution in [1.29, 1.82) is 0 Å². The Hall–Kier alpha value is -2.17. The number of aromatic nitrogens is 2. The van der Waals surface area contributed by atoms with Gasteiger partial charge in [-0.3, -0.25) is 4.79 Å². The number of carbonyl (C=O) groups excluding carboxylic acids is 1. The van der Waals surface area contributed by atoms with Gasteiger partial charge in [-0.15, -0.1) is 0 Å². The Morgan fingerprint density at radius 2 is 2.15 bits per heavy atom. The standard InChI is InChI=1S/C21H26FN3O/c1-15-12-23-21(18-7-8-18)25(15)14-17-5-3-9-24(13-17)20(26)11-16-4-2-6-19(22)10-16/h2,4,6,10,12,17-18H,3,5,7-9,11,13-14H2,1H3. The van der Waals surface area contributed by atoms with Crippen LogP contribution in [0.2, 0.25) is 0 Å². The summed E-state index contributed by atoms with van der Waals surface area (Å²) in [5.41, 5.74) is 1.97. The third kappa shape index (κ3) is 3.81. The van der Waals surface area contributed by atoms with E-state index in [2.05, 4.69) is 16.5 Å². The van der Waals surface area contributed by atoms with E-state index in [4.69, 9.17) is 0 Å². The molecule has 1 aliphatic carbocycles. The first-order chi connectivity index (χ1) is 12.6. The summed E-state index contributed by atoms with van der Waals surface area (Å²) < 4.78 is 15.7. The lowest BCUT2D eigenvalue weighted by molar-refractivity contribution is -0.132. The van der Waals surface area contributed by atoms with Crippen LogP contribution in [0.5, 0.6) is 0 Å². The van der Waals surface area contributed by atoms with E-state index in [0.29, 0.717) is 11.8 Å². The van der Waals surface area contributed by atoms with Crippen molar-refractivity contribution in [3.8, 4) is 0 Å². The number of hydrogen-bond acceptors (Lipinski definition) is 2. The molecule has 2 heterocycles. The first-order valence-electron chi connectivity index (χ1n) is 9.64. The molecule has 0 spiro atoms. The molecule has 26 heavy (non-hydrogen) atoms. The van der Waals surface area contributed by atoms with Gasteiger partial charge in [-0.2, -0.15) is 0 Å². The molecule has 1 atom stereocenters. The zero-order chi connectivity index (χ0) is 18.1. The van der Waals surface area contributed by atoms with Crippen LogP contribution in [0.1, 0.15) is 48.7 Å². The molecule has 1 aromatic carbocycles. The molecule has 2 aliphatic rings. The quantitative estimate of drug-likeness (QED) is 0.820. The largest absolute Gasteiger partial charge is 0.342 e. The number of rotatable bonds is 5. The monoisotopic (exact) mass is 355 g/mol. The Bertz CT molecular complexity index is 796. The van der Waals surface area contributed by atoms with Crippen LogP contribution < -0.4 is 0 Å². The summed E-state index contributed by atoms with van der Waals surface area (Å²) in [5, 5.41) is 0. The number of likely N-dealkylation sites (tertiary alicyclic amines) is 1. The second kappa shape index (κ2) is 7.22. The predicted octanol–water partition coefficient (Wildman–Crippen LogP) is 3.69. The maximum Gasteiger partial charge on any atom is 0.227 e. The summed E-state index contributed by atoms with van der Waals surface area (Å²) in [6.45, 7) is 4.66. The van der Waals surface area contributed by atoms with Crippen LogP contribution >= 0.6 is 0 Å². The van der Waals surface area contributed by atoms with Gasteiger partial charge in [0.05, 0.1) is 6.42 Å². The van der Waals surface area contributed by atoms with E-state index in [1.54, 1.807) is 6.07 Å². The van der Waals surface area contributed by atoms with Crippen molar-refractivity contribution in [1.82, 2.24) is 14.5 Å². The molecule has 0 N–H and O–H groups in total. The topological polar surface area (TPSA) is 38.1 Å². The maximum atomic E-state index is 13.3. The highest BCUT2D eigenvalue weighted by Gasteiger charge is 2.30. The molecule has 0 bridgehead atoms. The van der Waals surface area contributed by atoms with Crippen LogP contribution in [0.4, 0.5) is 4.39 Å². The molecule has 2 aromatic rings. The van der Waals surface area contributed by atoms with Crippen LogP contribution in [0.25, 0.3) is 0 Å². The van der Waals surface area contributed by atoms with E-state index < -0.39 is 0 Å². The molecule has 1 amide bonds. The van der Waals surface area contributed by atoms with Gasteiger partial charge in [-0.1, -0.05) is 12.1 Å². The van der Waals surface area contributed by atoms with Crippen molar-refractivity contribution in [3.05, 3.63) is 53.4 Å². The van der Waals surface area contributed by atoms with E-state index in [-0.39, 0.29) is 18.1 Å². The van der Waals surface area contributed by atoms with E-state index in [9.17, 15) is 9.18 Å². The smallest absolute Gasteiger partial charge is 0.227 e. The van der Waals surface area contributed by atoms with Gasteiger partial charge in [0, 0.05) is 37.4 Å². The van der Waals surface area contributed by atoms with Gasteiger partial charge in [-0.05, 0) is 56.2 Å². The van der Waals surface area contributed by atoms with Gasteiger partial charge >= 0.3 is 0 Å². The van der Waals surface area contributed by atoms with Crippen LogP contribution in [0.3, 0.4) is 0 Å². The molecule has 4 nitrogen and oxygen atoms in total. The molecular formula is C21H26FN3O. The summed E-state index contributed by atoms with van der Waals surface area (Å²) >= 11 is 0. The molecule has 4 rings (SSSR count). The average molecular weight is 355 g/mol. The number of carbonyl (C=O) groups is 1. The fraction of sp³-hybridized carbons (Fsp3) is 0.524. The Morgan fingerprint density at radius 3 is 2.92 bits per heavy atom. The molecule has 1 aromatic heterocycles. The Morgan fingerprint density at radius 1 is 1.31 bits per heavy atom. The lowest BCUT2D eigenvalue weighted by atomic mass is 9.97. The van der Waals surface area contributed by atoms with E-state index >= 15 is 0 Å². The van der Waals surface area contributed by atoms with Crippen LogP contribution in [-0.4, -0.2) is 33.4 Å². The second-order valence-electron chi connectivity index (χ2n) is 7.80. The zero-order valence-electron chi connectivity index (χ0n) is 15.3. The number of nitrogens with zero attached hydrogens (tertiary/aromatic N) is 3. The maximum absolute atomic E-state index is 13.3. The highest BCUT2D eigenvalue weighted by Crippen LogP contribution is 2.40. The molecule has 0 radical (unpaired) electrons. The number of imidazole rings is 1. The summed E-state index contributed by atoms with van der Waals surface area (Å²) in [4.78, 5) is 19.2. The van der Waals surface area contributed by atoms with Gasteiger partial charge < -0.3 is 9.47 Å². The van der Waals surface area contributed by atoms with Crippen molar-refractivity contribution in [2.75, 3.05) is 13.1 Å². The van der Waals surface area contributed by atoms with Crippen molar-refractivity contribution >= 4 is 5.91 Å². The normalized spacial score (nSPS) is 20.4. The van der Waals surface area contributed by atoms with Crippen LogP contribution in [0, 0.1) is 18.7 Å². The molecule has 1 saturated heterocycles. The van der Waals surface area contributed by atoms with Crippen molar-refractivity contribution in [3.63, 3.8) is 0 Å². The van der Waals surface area contributed by atoms with Gasteiger partial charge in [0.2, 0.25) is 5.91 Å². The summed E-state index contributed by atoms with van der Waals surface area (Å²) in [5.74, 6) is 2.15. The van der Waals surface area contributed by atoms with Crippen LogP contribution in [0.15, 0.2) is 30.5 Å². The minimum Gasteiger partial charge on any atom is -0.342 e. The molecule has 1 unspecified atom stereocenters. The number of halogens is 1.